The van der Waals surface area contributed by atoms with Crippen LogP contribution in [0.2, 0.25) is 0 Å². The van der Waals surface area contributed by atoms with E-state index >= 15 is 0 Å². The summed E-state index contributed by atoms with van der Waals surface area (Å²) < 4.78 is 0. The molecule has 2 aromatic rings. The van der Waals surface area contributed by atoms with E-state index in [1.165, 1.54) is 10.8 Å². The van der Waals surface area contributed by atoms with Crippen LogP contribution in [0, 0.1) is 0 Å². The van der Waals surface area contributed by atoms with E-state index in [-0.39, 0.29) is 5.91 Å². The number of fused-ring (bicyclic) bond motifs is 1. The number of benzene rings is 2. The second-order valence-electron chi connectivity index (χ2n) is 5.80. The van der Waals surface area contributed by atoms with E-state index in [1.54, 1.807) is 0 Å². The maximum atomic E-state index is 12.6. The number of amides is 1. The molecule has 1 saturated heterocycles. The molecule has 21 heavy (non-hydrogen) atoms. The summed E-state index contributed by atoms with van der Waals surface area (Å²) in [5.74, 6) is 0.221. The van der Waals surface area contributed by atoms with Crippen molar-refractivity contribution in [2.45, 2.75) is 25.3 Å². The summed E-state index contributed by atoms with van der Waals surface area (Å²) in [6.45, 7) is 2.02. The Morgan fingerprint density at radius 1 is 1.14 bits per heavy atom. The lowest BCUT2D eigenvalue weighted by Gasteiger charge is -2.31. The molecular weight excluding hydrogens is 260 g/mol. The number of carbonyl (C=O) groups is 1. The number of hydrogen-bond acceptors (Lipinski definition) is 2. The normalized spacial score (nSPS) is 16.0. The van der Waals surface area contributed by atoms with Crippen molar-refractivity contribution in [3.8, 4) is 0 Å². The van der Waals surface area contributed by atoms with E-state index < -0.39 is 0 Å². The molecule has 0 spiro atoms. The summed E-state index contributed by atoms with van der Waals surface area (Å²) in [5.41, 5.74) is 1.12. The highest BCUT2D eigenvalue weighted by molar-refractivity contribution is 5.90. The van der Waals surface area contributed by atoms with Crippen LogP contribution in [0.3, 0.4) is 0 Å². The summed E-state index contributed by atoms with van der Waals surface area (Å²) in [6.07, 6.45) is 2.59. The lowest BCUT2D eigenvalue weighted by Crippen LogP contribution is -2.44. The van der Waals surface area contributed by atoms with Gasteiger partial charge in [0.25, 0.3) is 0 Å². The van der Waals surface area contributed by atoms with Gasteiger partial charge in [0.2, 0.25) is 5.91 Å². The fourth-order valence-corrected chi connectivity index (χ4v) is 3.13. The average molecular weight is 282 g/mol. The minimum absolute atomic E-state index is 0.221. The number of nitrogens with one attached hydrogen (secondary N) is 1. The smallest absolute Gasteiger partial charge is 0.227 e. The zero-order valence-corrected chi connectivity index (χ0v) is 12.5. The third kappa shape index (κ3) is 3.08. The standard InChI is InChI=1S/C18H22N2O/c1-20(16-9-11-19-12-10-16)18(21)13-15-7-4-6-14-5-2-3-8-17(14)15/h2-8,16,19H,9-13H2,1H3. The molecule has 3 nitrogen and oxygen atoms in total. The van der Waals surface area contributed by atoms with Crippen LogP contribution >= 0.6 is 0 Å². The van der Waals surface area contributed by atoms with Gasteiger partial charge in [-0.3, -0.25) is 4.79 Å². The number of carbonyl (C=O) groups excluding carboxylic acids is 1. The third-order valence-electron chi connectivity index (χ3n) is 4.47. The van der Waals surface area contributed by atoms with E-state index in [0.29, 0.717) is 12.5 Å². The van der Waals surface area contributed by atoms with E-state index in [1.807, 2.05) is 30.1 Å². The molecule has 1 amide bonds. The highest BCUT2D eigenvalue weighted by atomic mass is 16.2. The van der Waals surface area contributed by atoms with Gasteiger partial charge in [0.05, 0.1) is 6.42 Å². The highest BCUT2D eigenvalue weighted by Crippen LogP contribution is 2.20. The Labute approximate surface area is 125 Å². The van der Waals surface area contributed by atoms with E-state index in [9.17, 15) is 4.79 Å². The van der Waals surface area contributed by atoms with Crippen molar-refractivity contribution in [3.63, 3.8) is 0 Å². The molecule has 1 N–H and O–H groups in total. The maximum absolute atomic E-state index is 12.6. The quantitative estimate of drug-likeness (QED) is 0.938. The molecule has 110 valence electrons. The second-order valence-corrected chi connectivity index (χ2v) is 5.80. The maximum Gasteiger partial charge on any atom is 0.227 e. The summed E-state index contributed by atoms with van der Waals surface area (Å²) in [7, 11) is 1.95. The Morgan fingerprint density at radius 3 is 2.67 bits per heavy atom. The van der Waals surface area contributed by atoms with Crippen molar-refractivity contribution in [1.82, 2.24) is 10.2 Å². The van der Waals surface area contributed by atoms with Gasteiger partial charge >= 0.3 is 0 Å². The van der Waals surface area contributed by atoms with Crippen molar-refractivity contribution < 1.29 is 4.79 Å². The monoisotopic (exact) mass is 282 g/mol. The summed E-state index contributed by atoms with van der Waals surface area (Å²) in [5, 5.41) is 5.73. The van der Waals surface area contributed by atoms with Gasteiger partial charge in [0.1, 0.15) is 0 Å². The SMILES string of the molecule is CN(C(=O)Cc1cccc2ccccc12)C1CCNCC1. The van der Waals surface area contributed by atoms with Gasteiger partial charge in [-0.2, -0.15) is 0 Å². The number of nitrogens with zero attached hydrogens (tertiary/aromatic N) is 1. The summed E-state index contributed by atoms with van der Waals surface area (Å²) in [6, 6.07) is 14.9. The third-order valence-corrected chi connectivity index (χ3v) is 4.47. The molecule has 3 heteroatoms. The first kappa shape index (κ1) is 14.1. The predicted octanol–water partition coefficient (Wildman–Crippen LogP) is 2.59. The van der Waals surface area contributed by atoms with E-state index in [4.69, 9.17) is 0 Å². The number of hydrogen-bond donors (Lipinski definition) is 1. The van der Waals surface area contributed by atoms with Crippen LogP contribution in [0.15, 0.2) is 42.5 Å². The molecule has 1 heterocycles. The number of rotatable bonds is 3. The van der Waals surface area contributed by atoms with Crippen LogP contribution in [0.1, 0.15) is 18.4 Å². The lowest BCUT2D eigenvalue weighted by atomic mass is 10.0. The largest absolute Gasteiger partial charge is 0.342 e. The molecule has 0 bridgehead atoms. The van der Waals surface area contributed by atoms with Crippen LogP contribution in [-0.2, 0) is 11.2 Å². The Kier molecular flexibility index (Phi) is 4.20. The minimum atomic E-state index is 0.221. The molecule has 2 aromatic carbocycles. The molecule has 1 fully saturated rings. The number of piperidine rings is 1. The molecule has 0 atom stereocenters. The Morgan fingerprint density at radius 2 is 1.86 bits per heavy atom. The second kappa shape index (κ2) is 6.27. The predicted molar refractivity (Wildman–Crippen MR) is 86.3 cm³/mol. The van der Waals surface area contributed by atoms with Crippen LogP contribution in [-0.4, -0.2) is 37.0 Å². The van der Waals surface area contributed by atoms with Crippen molar-refractivity contribution in [1.29, 1.82) is 0 Å². The van der Waals surface area contributed by atoms with Crippen molar-refractivity contribution >= 4 is 16.7 Å². The topological polar surface area (TPSA) is 32.3 Å². The Bertz CT molecular complexity index is 627. The van der Waals surface area contributed by atoms with Crippen LogP contribution < -0.4 is 5.32 Å². The lowest BCUT2D eigenvalue weighted by molar-refractivity contribution is -0.131. The molecule has 0 radical (unpaired) electrons. The molecule has 1 aliphatic heterocycles. The first-order valence-corrected chi connectivity index (χ1v) is 7.69. The molecule has 0 aliphatic carbocycles. The fraction of sp³-hybridized carbons (Fsp3) is 0.389. The van der Waals surface area contributed by atoms with Gasteiger partial charge in [-0.1, -0.05) is 42.5 Å². The zero-order chi connectivity index (χ0) is 14.7. The molecule has 3 rings (SSSR count). The molecule has 0 unspecified atom stereocenters. The van der Waals surface area contributed by atoms with Crippen LogP contribution in [0.5, 0.6) is 0 Å². The van der Waals surface area contributed by atoms with Gasteiger partial charge in [-0.15, -0.1) is 0 Å². The summed E-state index contributed by atoms with van der Waals surface area (Å²) >= 11 is 0. The first-order chi connectivity index (χ1) is 10.3. The van der Waals surface area contributed by atoms with Crippen molar-refractivity contribution in [3.05, 3.63) is 48.0 Å². The Hall–Kier alpha value is -1.87. The Balaban J connectivity index is 1.76. The fourth-order valence-electron chi connectivity index (χ4n) is 3.13. The van der Waals surface area contributed by atoms with Gasteiger partial charge in [0, 0.05) is 13.1 Å². The average Bonchev–Trinajstić information content (AvgIpc) is 2.55. The van der Waals surface area contributed by atoms with Gasteiger partial charge in [0.15, 0.2) is 0 Å². The zero-order valence-electron chi connectivity index (χ0n) is 12.5. The molecule has 1 aliphatic rings. The van der Waals surface area contributed by atoms with Crippen molar-refractivity contribution in [2.75, 3.05) is 20.1 Å². The van der Waals surface area contributed by atoms with Gasteiger partial charge < -0.3 is 10.2 Å². The first-order valence-electron chi connectivity index (χ1n) is 7.69. The van der Waals surface area contributed by atoms with Crippen LogP contribution in [0.25, 0.3) is 10.8 Å². The van der Waals surface area contributed by atoms with Gasteiger partial charge in [-0.05, 0) is 42.3 Å². The molecule has 0 saturated carbocycles. The van der Waals surface area contributed by atoms with Crippen molar-refractivity contribution in [2.24, 2.45) is 0 Å². The highest BCUT2D eigenvalue weighted by Gasteiger charge is 2.22. The minimum Gasteiger partial charge on any atom is -0.342 e. The molecular formula is C18H22N2O. The number of likely N-dealkylation sites (N-methyl/N-ethyl adjacent to an activating group) is 1. The van der Waals surface area contributed by atoms with Crippen LogP contribution in [0.4, 0.5) is 0 Å². The summed E-state index contributed by atoms with van der Waals surface area (Å²) in [4.78, 5) is 14.5. The molecule has 0 aromatic heterocycles. The van der Waals surface area contributed by atoms with E-state index in [0.717, 1.165) is 31.5 Å². The van der Waals surface area contributed by atoms with Gasteiger partial charge in [-0.25, -0.2) is 0 Å². The van der Waals surface area contributed by atoms with E-state index in [2.05, 4.69) is 29.6 Å².